The lowest BCUT2D eigenvalue weighted by Crippen LogP contribution is -2.44. The van der Waals surface area contributed by atoms with Crippen LogP contribution in [-0.4, -0.2) is 45.2 Å². The van der Waals surface area contributed by atoms with Gasteiger partial charge in [-0.2, -0.15) is 0 Å². The predicted octanol–water partition coefficient (Wildman–Crippen LogP) is 2.60. The highest BCUT2D eigenvalue weighted by molar-refractivity contribution is 7.92. The Balaban J connectivity index is 2.23. The van der Waals surface area contributed by atoms with Crippen molar-refractivity contribution in [3.63, 3.8) is 0 Å². The third-order valence-electron chi connectivity index (χ3n) is 4.80. The zero-order valence-electron chi connectivity index (χ0n) is 16.2. The number of sulfonamides is 1. The van der Waals surface area contributed by atoms with Crippen LogP contribution in [-0.2, 0) is 14.8 Å². The third kappa shape index (κ3) is 6.08. The maximum Gasteiger partial charge on any atom is 0.271 e. The Kier molecular flexibility index (Phi) is 7.61. The van der Waals surface area contributed by atoms with Crippen LogP contribution in [0.5, 0.6) is 5.75 Å². The first-order chi connectivity index (χ1) is 13.2. The first-order valence-corrected chi connectivity index (χ1v) is 11.2. The number of nitro groups is 1. The van der Waals surface area contributed by atoms with Crippen LogP contribution in [0.15, 0.2) is 18.2 Å². The largest absolute Gasteiger partial charge is 0.495 e. The number of amides is 1. The molecule has 1 aliphatic rings. The van der Waals surface area contributed by atoms with Crippen molar-refractivity contribution in [2.75, 3.05) is 24.2 Å². The van der Waals surface area contributed by atoms with E-state index >= 15 is 0 Å². The smallest absolute Gasteiger partial charge is 0.271 e. The average molecular weight is 413 g/mol. The summed E-state index contributed by atoms with van der Waals surface area (Å²) < 4.78 is 30.7. The summed E-state index contributed by atoms with van der Waals surface area (Å²) in [6.45, 7) is -0.465. The molecule has 0 aromatic heterocycles. The molecule has 0 unspecified atom stereocenters. The summed E-state index contributed by atoms with van der Waals surface area (Å²) in [5.74, 6) is -0.306. The molecule has 1 aliphatic carbocycles. The van der Waals surface area contributed by atoms with Gasteiger partial charge in [0.2, 0.25) is 15.9 Å². The van der Waals surface area contributed by atoms with Crippen molar-refractivity contribution in [3.8, 4) is 5.75 Å². The number of rotatable bonds is 7. The van der Waals surface area contributed by atoms with Crippen molar-refractivity contribution in [3.05, 3.63) is 28.3 Å². The number of ether oxygens (including phenoxy) is 1. The minimum atomic E-state index is -3.87. The lowest BCUT2D eigenvalue weighted by Gasteiger charge is -2.26. The number of carbonyl (C=O) groups is 1. The number of methoxy groups -OCH3 is 1. The second-order valence-electron chi connectivity index (χ2n) is 6.99. The van der Waals surface area contributed by atoms with E-state index < -0.39 is 27.4 Å². The number of benzene rings is 1. The summed E-state index contributed by atoms with van der Waals surface area (Å²) in [5, 5.41) is 14.0. The van der Waals surface area contributed by atoms with Crippen LogP contribution in [0.4, 0.5) is 11.4 Å². The number of carbonyl (C=O) groups excluding carboxylic acids is 1. The number of nitro benzene ring substituents is 1. The molecule has 0 aliphatic heterocycles. The molecule has 1 aromatic carbocycles. The van der Waals surface area contributed by atoms with E-state index in [-0.39, 0.29) is 23.2 Å². The lowest BCUT2D eigenvalue weighted by molar-refractivity contribution is -0.384. The Hall–Kier alpha value is -2.36. The summed E-state index contributed by atoms with van der Waals surface area (Å²) in [6.07, 6.45) is 8.21. The van der Waals surface area contributed by atoms with Crippen LogP contribution in [0.3, 0.4) is 0 Å². The van der Waals surface area contributed by atoms with E-state index in [2.05, 4.69) is 5.32 Å². The Bertz CT molecular complexity index is 804. The number of nitrogens with one attached hydrogen (secondary N) is 1. The van der Waals surface area contributed by atoms with Crippen LogP contribution >= 0.6 is 0 Å². The van der Waals surface area contributed by atoms with Gasteiger partial charge in [0, 0.05) is 18.2 Å². The second kappa shape index (κ2) is 9.72. The lowest BCUT2D eigenvalue weighted by atomic mass is 9.97. The van der Waals surface area contributed by atoms with Crippen molar-refractivity contribution in [1.29, 1.82) is 0 Å². The molecule has 0 heterocycles. The highest BCUT2D eigenvalue weighted by atomic mass is 32.2. The fourth-order valence-corrected chi connectivity index (χ4v) is 4.22. The molecule has 0 saturated heterocycles. The Morgan fingerprint density at radius 2 is 1.86 bits per heavy atom. The first kappa shape index (κ1) is 21.9. The van der Waals surface area contributed by atoms with Crippen molar-refractivity contribution in [2.24, 2.45) is 0 Å². The molecule has 0 radical (unpaired) electrons. The summed E-state index contributed by atoms with van der Waals surface area (Å²) >= 11 is 0. The summed E-state index contributed by atoms with van der Waals surface area (Å²) in [6, 6.07) is 3.65. The normalized spacial score (nSPS) is 15.9. The van der Waals surface area contributed by atoms with Gasteiger partial charge in [0.1, 0.15) is 18.0 Å². The van der Waals surface area contributed by atoms with E-state index in [9.17, 15) is 23.3 Å². The zero-order chi connectivity index (χ0) is 20.7. The minimum absolute atomic E-state index is 0.0150. The van der Waals surface area contributed by atoms with E-state index in [1.54, 1.807) is 0 Å². The molecule has 0 bridgehead atoms. The van der Waals surface area contributed by atoms with Crippen molar-refractivity contribution in [2.45, 2.75) is 51.0 Å². The summed E-state index contributed by atoms with van der Waals surface area (Å²) in [4.78, 5) is 23.0. The van der Waals surface area contributed by atoms with Crippen LogP contribution in [0.1, 0.15) is 44.9 Å². The van der Waals surface area contributed by atoms with Gasteiger partial charge < -0.3 is 10.1 Å². The molecule has 10 heteroatoms. The number of anilines is 1. The first-order valence-electron chi connectivity index (χ1n) is 9.32. The molecule has 1 amide bonds. The van der Waals surface area contributed by atoms with Gasteiger partial charge in [-0.1, -0.05) is 32.1 Å². The molecule has 1 aromatic rings. The van der Waals surface area contributed by atoms with Crippen LogP contribution in [0.2, 0.25) is 0 Å². The third-order valence-corrected chi connectivity index (χ3v) is 5.93. The number of non-ortho nitro benzene ring substituents is 1. The molecule has 1 saturated carbocycles. The van der Waals surface area contributed by atoms with E-state index in [0.29, 0.717) is 0 Å². The number of nitrogens with zero attached hydrogens (tertiary/aromatic N) is 2. The molecule has 0 spiro atoms. The van der Waals surface area contributed by atoms with Crippen molar-refractivity contribution < 1.29 is 22.9 Å². The van der Waals surface area contributed by atoms with Crippen molar-refractivity contribution >= 4 is 27.3 Å². The molecular weight excluding hydrogens is 386 g/mol. The van der Waals surface area contributed by atoms with Crippen LogP contribution < -0.4 is 14.4 Å². The zero-order valence-corrected chi connectivity index (χ0v) is 17.0. The molecular formula is C18H27N3O6S. The Morgan fingerprint density at radius 1 is 1.25 bits per heavy atom. The number of hydrogen-bond acceptors (Lipinski definition) is 6. The van der Waals surface area contributed by atoms with E-state index in [4.69, 9.17) is 4.74 Å². The molecule has 9 nitrogen and oxygen atoms in total. The van der Waals surface area contributed by atoms with Gasteiger partial charge in [0.05, 0.1) is 18.3 Å². The fourth-order valence-electron chi connectivity index (χ4n) is 3.37. The van der Waals surface area contributed by atoms with E-state index in [1.165, 1.54) is 25.7 Å². The Labute approximate surface area is 165 Å². The van der Waals surface area contributed by atoms with Gasteiger partial charge in [0.25, 0.3) is 5.69 Å². The topological polar surface area (TPSA) is 119 Å². The predicted molar refractivity (Wildman–Crippen MR) is 106 cm³/mol. The second-order valence-corrected chi connectivity index (χ2v) is 8.90. The van der Waals surface area contributed by atoms with E-state index in [1.807, 2.05) is 0 Å². The molecule has 0 atom stereocenters. The molecule has 156 valence electrons. The minimum Gasteiger partial charge on any atom is -0.495 e. The monoisotopic (exact) mass is 413 g/mol. The summed E-state index contributed by atoms with van der Waals surface area (Å²) in [5.41, 5.74) is -0.322. The molecule has 1 N–H and O–H groups in total. The van der Waals surface area contributed by atoms with Gasteiger partial charge in [0.15, 0.2) is 0 Å². The van der Waals surface area contributed by atoms with Crippen LogP contribution in [0.25, 0.3) is 0 Å². The van der Waals surface area contributed by atoms with Crippen molar-refractivity contribution in [1.82, 2.24) is 5.32 Å². The maximum atomic E-state index is 12.6. The Morgan fingerprint density at radius 3 is 2.39 bits per heavy atom. The highest BCUT2D eigenvalue weighted by Gasteiger charge is 2.27. The van der Waals surface area contributed by atoms with Gasteiger partial charge >= 0.3 is 0 Å². The summed E-state index contributed by atoms with van der Waals surface area (Å²) in [7, 11) is -2.54. The fraction of sp³-hybridized carbons (Fsp3) is 0.611. The van der Waals surface area contributed by atoms with Gasteiger partial charge in [-0.15, -0.1) is 0 Å². The van der Waals surface area contributed by atoms with E-state index in [0.717, 1.165) is 55.2 Å². The highest BCUT2D eigenvalue weighted by Crippen LogP contribution is 2.33. The van der Waals surface area contributed by atoms with Gasteiger partial charge in [-0.3, -0.25) is 19.2 Å². The standard InChI is InChI=1S/C18H27N3O6S/c1-27-17-11-10-15(21(23)24)12-16(17)20(28(2,25)26)13-18(22)19-14-8-6-4-3-5-7-9-14/h10-12,14H,3-9,13H2,1-2H3,(H,19,22). The maximum absolute atomic E-state index is 12.6. The SMILES string of the molecule is COc1ccc([N+](=O)[O-])cc1N(CC(=O)NC1CCCCCCC1)S(C)(=O)=O. The van der Waals surface area contributed by atoms with Gasteiger partial charge in [-0.25, -0.2) is 8.42 Å². The molecule has 2 rings (SSSR count). The molecule has 28 heavy (non-hydrogen) atoms. The number of hydrogen-bond donors (Lipinski definition) is 1. The average Bonchev–Trinajstić information content (AvgIpc) is 2.60. The quantitative estimate of drug-likeness (QED) is 0.542. The molecule has 1 fully saturated rings. The van der Waals surface area contributed by atoms with Gasteiger partial charge in [-0.05, 0) is 18.9 Å². The van der Waals surface area contributed by atoms with Crippen LogP contribution in [0, 0.1) is 10.1 Å².